The number of carbonyl (C=O) groups excluding carboxylic acids is 1. The predicted octanol–water partition coefficient (Wildman–Crippen LogP) is 3.43. The SMILES string of the molecule is CN(C)CCOc1ccc(C(=O)Nc2cccc3ccncc23)cc1. The molecule has 0 aliphatic carbocycles. The molecule has 1 N–H and O–H groups in total. The summed E-state index contributed by atoms with van der Waals surface area (Å²) in [5.74, 6) is 0.601. The van der Waals surface area contributed by atoms with E-state index < -0.39 is 0 Å². The summed E-state index contributed by atoms with van der Waals surface area (Å²) >= 11 is 0. The number of benzene rings is 2. The highest BCUT2D eigenvalue weighted by atomic mass is 16.5. The maximum Gasteiger partial charge on any atom is 0.255 e. The monoisotopic (exact) mass is 335 g/mol. The lowest BCUT2D eigenvalue weighted by Gasteiger charge is -2.11. The van der Waals surface area contributed by atoms with Crippen LogP contribution in [-0.4, -0.2) is 43.0 Å². The van der Waals surface area contributed by atoms with Gasteiger partial charge in [0, 0.05) is 29.9 Å². The van der Waals surface area contributed by atoms with Gasteiger partial charge in [-0.1, -0.05) is 12.1 Å². The molecule has 0 radical (unpaired) electrons. The van der Waals surface area contributed by atoms with Gasteiger partial charge < -0.3 is 15.0 Å². The van der Waals surface area contributed by atoms with Crippen LogP contribution in [0.25, 0.3) is 10.8 Å². The van der Waals surface area contributed by atoms with E-state index in [1.54, 1.807) is 24.5 Å². The number of ether oxygens (including phenoxy) is 1. The van der Waals surface area contributed by atoms with Gasteiger partial charge >= 0.3 is 0 Å². The van der Waals surface area contributed by atoms with Crippen LogP contribution in [-0.2, 0) is 0 Å². The first kappa shape index (κ1) is 16.9. The van der Waals surface area contributed by atoms with Crippen molar-refractivity contribution in [2.75, 3.05) is 32.6 Å². The van der Waals surface area contributed by atoms with Crippen molar-refractivity contribution in [3.63, 3.8) is 0 Å². The number of nitrogens with zero attached hydrogens (tertiary/aromatic N) is 2. The molecule has 128 valence electrons. The number of amides is 1. The predicted molar refractivity (Wildman–Crippen MR) is 100 cm³/mol. The lowest BCUT2D eigenvalue weighted by Crippen LogP contribution is -2.19. The lowest BCUT2D eigenvalue weighted by atomic mass is 10.1. The molecule has 0 atom stereocenters. The molecule has 1 amide bonds. The molecule has 1 heterocycles. The van der Waals surface area contributed by atoms with Gasteiger partial charge in [0.25, 0.3) is 5.91 Å². The second-order valence-corrected chi connectivity index (χ2v) is 6.03. The quantitative estimate of drug-likeness (QED) is 0.750. The fourth-order valence-electron chi connectivity index (χ4n) is 2.47. The van der Waals surface area contributed by atoms with Crippen molar-refractivity contribution in [1.29, 1.82) is 0 Å². The number of anilines is 1. The minimum atomic E-state index is -0.156. The van der Waals surface area contributed by atoms with Crippen LogP contribution >= 0.6 is 0 Å². The second kappa shape index (κ2) is 7.77. The molecule has 0 unspecified atom stereocenters. The van der Waals surface area contributed by atoms with Crippen LogP contribution in [0.15, 0.2) is 60.9 Å². The van der Waals surface area contributed by atoms with Crippen molar-refractivity contribution >= 4 is 22.4 Å². The third kappa shape index (κ3) is 4.33. The minimum Gasteiger partial charge on any atom is -0.492 e. The molecule has 5 heteroatoms. The highest BCUT2D eigenvalue weighted by Gasteiger charge is 2.08. The van der Waals surface area contributed by atoms with Crippen LogP contribution in [0.4, 0.5) is 5.69 Å². The van der Waals surface area contributed by atoms with E-state index in [2.05, 4.69) is 15.2 Å². The molecule has 3 aromatic rings. The van der Waals surface area contributed by atoms with E-state index in [1.807, 2.05) is 50.5 Å². The average Bonchev–Trinajstić information content (AvgIpc) is 2.62. The molecule has 2 aromatic carbocycles. The zero-order valence-electron chi connectivity index (χ0n) is 14.4. The summed E-state index contributed by atoms with van der Waals surface area (Å²) in [6.07, 6.45) is 3.50. The fraction of sp³-hybridized carbons (Fsp3) is 0.200. The molecule has 0 bridgehead atoms. The summed E-state index contributed by atoms with van der Waals surface area (Å²) in [6.45, 7) is 1.46. The summed E-state index contributed by atoms with van der Waals surface area (Å²) in [7, 11) is 4.00. The van der Waals surface area contributed by atoms with E-state index in [9.17, 15) is 4.79 Å². The van der Waals surface area contributed by atoms with Gasteiger partial charge in [0.2, 0.25) is 0 Å². The Hall–Kier alpha value is -2.92. The molecule has 0 aliphatic rings. The number of hydrogen-bond acceptors (Lipinski definition) is 4. The van der Waals surface area contributed by atoms with Gasteiger partial charge in [0.1, 0.15) is 12.4 Å². The smallest absolute Gasteiger partial charge is 0.255 e. The number of fused-ring (bicyclic) bond motifs is 1. The average molecular weight is 335 g/mol. The van der Waals surface area contributed by atoms with Crippen LogP contribution in [0.2, 0.25) is 0 Å². The van der Waals surface area contributed by atoms with E-state index in [4.69, 9.17) is 4.74 Å². The summed E-state index contributed by atoms with van der Waals surface area (Å²) in [4.78, 5) is 18.7. The van der Waals surface area contributed by atoms with Crippen LogP contribution in [0.3, 0.4) is 0 Å². The number of likely N-dealkylation sites (N-methyl/N-ethyl adjacent to an activating group) is 1. The van der Waals surface area contributed by atoms with Gasteiger partial charge in [-0.25, -0.2) is 0 Å². The second-order valence-electron chi connectivity index (χ2n) is 6.03. The van der Waals surface area contributed by atoms with Crippen molar-refractivity contribution in [2.24, 2.45) is 0 Å². The Kier molecular flexibility index (Phi) is 5.26. The maximum absolute atomic E-state index is 12.5. The van der Waals surface area contributed by atoms with Crippen LogP contribution in [0.1, 0.15) is 10.4 Å². The van der Waals surface area contributed by atoms with Crippen molar-refractivity contribution in [3.8, 4) is 5.75 Å². The van der Waals surface area contributed by atoms with E-state index in [0.29, 0.717) is 12.2 Å². The Labute approximate surface area is 147 Å². The van der Waals surface area contributed by atoms with E-state index in [0.717, 1.165) is 28.8 Å². The van der Waals surface area contributed by atoms with Gasteiger partial charge in [-0.2, -0.15) is 0 Å². The third-order valence-electron chi connectivity index (χ3n) is 3.86. The maximum atomic E-state index is 12.5. The molecular weight excluding hydrogens is 314 g/mol. The molecule has 25 heavy (non-hydrogen) atoms. The molecule has 0 spiro atoms. The summed E-state index contributed by atoms with van der Waals surface area (Å²) in [5, 5.41) is 4.91. The molecular formula is C20H21N3O2. The minimum absolute atomic E-state index is 0.156. The number of pyridine rings is 1. The van der Waals surface area contributed by atoms with Gasteiger partial charge in [0.15, 0.2) is 0 Å². The largest absolute Gasteiger partial charge is 0.492 e. The van der Waals surface area contributed by atoms with Crippen molar-refractivity contribution in [2.45, 2.75) is 0 Å². The van der Waals surface area contributed by atoms with Crippen molar-refractivity contribution in [1.82, 2.24) is 9.88 Å². The Morgan fingerprint density at radius 1 is 1.12 bits per heavy atom. The first-order valence-electron chi connectivity index (χ1n) is 8.15. The number of rotatable bonds is 6. The Morgan fingerprint density at radius 2 is 1.92 bits per heavy atom. The van der Waals surface area contributed by atoms with E-state index >= 15 is 0 Å². The van der Waals surface area contributed by atoms with Crippen LogP contribution in [0.5, 0.6) is 5.75 Å². The molecule has 0 aliphatic heterocycles. The first-order chi connectivity index (χ1) is 12.1. The fourth-order valence-corrected chi connectivity index (χ4v) is 2.47. The van der Waals surface area contributed by atoms with Crippen LogP contribution < -0.4 is 10.1 Å². The number of hydrogen-bond donors (Lipinski definition) is 1. The highest BCUT2D eigenvalue weighted by molar-refractivity contribution is 6.09. The van der Waals surface area contributed by atoms with Gasteiger partial charge in [-0.15, -0.1) is 0 Å². The topological polar surface area (TPSA) is 54.5 Å². The zero-order valence-corrected chi connectivity index (χ0v) is 14.4. The Morgan fingerprint density at radius 3 is 2.68 bits per heavy atom. The number of aromatic nitrogens is 1. The Balaban J connectivity index is 1.68. The third-order valence-corrected chi connectivity index (χ3v) is 3.86. The molecule has 5 nitrogen and oxygen atoms in total. The lowest BCUT2D eigenvalue weighted by molar-refractivity contribution is 0.102. The number of nitrogens with one attached hydrogen (secondary N) is 1. The normalized spacial score (nSPS) is 10.8. The van der Waals surface area contributed by atoms with Crippen molar-refractivity contribution in [3.05, 3.63) is 66.5 Å². The molecule has 3 rings (SSSR count). The summed E-state index contributed by atoms with van der Waals surface area (Å²) in [6, 6.07) is 14.9. The molecule has 0 saturated carbocycles. The zero-order chi connectivity index (χ0) is 17.6. The summed E-state index contributed by atoms with van der Waals surface area (Å²) in [5.41, 5.74) is 1.34. The van der Waals surface area contributed by atoms with Crippen LogP contribution in [0, 0.1) is 0 Å². The van der Waals surface area contributed by atoms with Gasteiger partial charge in [-0.3, -0.25) is 9.78 Å². The van der Waals surface area contributed by atoms with E-state index in [-0.39, 0.29) is 5.91 Å². The highest BCUT2D eigenvalue weighted by Crippen LogP contribution is 2.23. The molecule has 0 saturated heterocycles. The summed E-state index contributed by atoms with van der Waals surface area (Å²) < 4.78 is 5.65. The number of carbonyl (C=O) groups is 1. The Bertz CT molecular complexity index is 855. The van der Waals surface area contributed by atoms with Gasteiger partial charge in [-0.05, 0) is 55.9 Å². The van der Waals surface area contributed by atoms with Gasteiger partial charge in [0.05, 0.1) is 5.69 Å². The first-order valence-corrected chi connectivity index (χ1v) is 8.15. The van der Waals surface area contributed by atoms with E-state index in [1.165, 1.54) is 0 Å². The van der Waals surface area contributed by atoms with Crippen molar-refractivity contribution < 1.29 is 9.53 Å². The molecule has 1 aromatic heterocycles. The standard InChI is InChI=1S/C20H21N3O2/c1-23(2)12-13-25-17-8-6-16(7-9-17)20(24)22-19-5-3-4-15-10-11-21-14-18(15)19/h3-11,14H,12-13H2,1-2H3,(H,22,24). The molecule has 0 fully saturated rings.